The molecule has 1 N–H and O–H groups in total. The number of carbonyl (C=O) groups is 1. The summed E-state index contributed by atoms with van der Waals surface area (Å²) in [4.78, 5) is 15.1. The maximum absolute atomic E-state index is 12.6. The molecule has 2 aliphatic rings. The summed E-state index contributed by atoms with van der Waals surface area (Å²) < 4.78 is 34.0. The minimum atomic E-state index is -3.81. The van der Waals surface area contributed by atoms with Gasteiger partial charge in [0.05, 0.1) is 10.0 Å². The highest BCUT2D eigenvalue weighted by molar-refractivity contribution is 9.10. The second-order valence-corrected chi connectivity index (χ2v) is 13.0. The fourth-order valence-electron chi connectivity index (χ4n) is 4.51. The Labute approximate surface area is 216 Å². The fraction of sp³-hybridized carbons (Fsp3) is 0.500. The van der Waals surface area contributed by atoms with E-state index in [0.29, 0.717) is 33.4 Å². The quantitative estimate of drug-likeness (QED) is 0.462. The number of halogens is 3. The summed E-state index contributed by atoms with van der Waals surface area (Å²) in [6, 6.07) is 7.26. The van der Waals surface area contributed by atoms with Crippen molar-refractivity contribution in [3.8, 4) is 5.75 Å². The van der Waals surface area contributed by atoms with Gasteiger partial charge in [0.25, 0.3) is 10.0 Å². The first kappa shape index (κ1) is 25.3. The van der Waals surface area contributed by atoms with E-state index < -0.39 is 15.9 Å². The van der Waals surface area contributed by atoms with Crippen LogP contribution in [0.15, 0.2) is 38.3 Å². The van der Waals surface area contributed by atoms with Crippen molar-refractivity contribution < 1.29 is 17.9 Å². The van der Waals surface area contributed by atoms with Gasteiger partial charge in [0, 0.05) is 41.0 Å². The molecule has 1 aliphatic carbocycles. The molecule has 0 atom stereocenters. The van der Waals surface area contributed by atoms with Crippen LogP contribution in [0.3, 0.4) is 0 Å². The second kappa shape index (κ2) is 10.8. The first-order chi connectivity index (χ1) is 15.7. The Kier molecular flexibility index (Phi) is 8.29. The van der Waals surface area contributed by atoms with Gasteiger partial charge in [-0.1, -0.05) is 23.2 Å². The van der Waals surface area contributed by atoms with Crippen LogP contribution in [0.5, 0.6) is 5.75 Å². The van der Waals surface area contributed by atoms with Crippen LogP contribution < -0.4 is 9.46 Å². The SMILES string of the molecule is O=C(NS(=O)(=O)c1cc(Br)cs1)C1CCC(N2CCC(Oc3ccc(Cl)c(Cl)c3)CC2)CC1. The average molecular weight is 596 g/mol. The Morgan fingerprint density at radius 3 is 2.36 bits per heavy atom. The number of hydrogen-bond donors (Lipinski definition) is 1. The minimum absolute atomic E-state index is 0.141. The molecular weight excluding hydrogens is 571 g/mol. The molecule has 180 valence electrons. The van der Waals surface area contributed by atoms with Gasteiger partial charge in [-0.3, -0.25) is 4.79 Å². The smallest absolute Gasteiger partial charge is 0.273 e. The molecule has 0 radical (unpaired) electrons. The number of nitrogens with zero attached hydrogens (tertiary/aromatic N) is 1. The van der Waals surface area contributed by atoms with Crippen molar-refractivity contribution in [2.45, 2.75) is 54.9 Å². The first-order valence-electron chi connectivity index (χ1n) is 10.9. The second-order valence-electron chi connectivity index (χ2n) is 8.49. The Hall–Kier alpha value is -0.840. The van der Waals surface area contributed by atoms with Crippen molar-refractivity contribution >= 4 is 66.4 Å². The third-order valence-corrected chi connectivity index (χ3v) is 10.6. The number of amides is 1. The highest BCUT2D eigenvalue weighted by atomic mass is 79.9. The normalized spacial score (nSPS) is 22.8. The number of thiophene rings is 1. The van der Waals surface area contributed by atoms with Crippen molar-refractivity contribution in [2.24, 2.45) is 5.92 Å². The Morgan fingerprint density at radius 1 is 1.06 bits per heavy atom. The summed E-state index contributed by atoms with van der Waals surface area (Å²) >= 11 is 16.4. The first-order valence-corrected chi connectivity index (χ1v) is 14.8. The molecule has 1 saturated carbocycles. The van der Waals surface area contributed by atoms with Gasteiger partial charge in [0.2, 0.25) is 5.91 Å². The maximum Gasteiger partial charge on any atom is 0.273 e. The van der Waals surface area contributed by atoms with E-state index in [-0.39, 0.29) is 16.2 Å². The van der Waals surface area contributed by atoms with Crippen LogP contribution in [0.1, 0.15) is 38.5 Å². The van der Waals surface area contributed by atoms with Crippen molar-refractivity contribution in [1.29, 1.82) is 0 Å². The van der Waals surface area contributed by atoms with Crippen molar-refractivity contribution in [3.63, 3.8) is 0 Å². The summed E-state index contributed by atoms with van der Waals surface area (Å²) in [6.45, 7) is 1.88. The highest BCUT2D eigenvalue weighted by Crippen LogP contribution is 2.32. The van der Waals surface area contributed by atoms with E-state index in [1.54, 1.807) is 17.5 Å². The molecule has 1 saturated heterocycles. The summed E-state index contributed by atoms with van der Waals surface area (Å²) in [5.74, 6) is 0.0703. The van der Waals surface area contributed by atoms with E-state index in [0.717, 1.165) is 55.9 Å². The lowest BCUT2D eigenvalue weighted by atomic mass is 9.84. The van der Waals surface area contributed by atoms with E-state index in [4.69, 9.17) is 27.9 Å². The van der Waals surface area contributed by atoms with Crippen LogP contribution in [0.4, 0.5) is 0 Å². The molecule has 0 bridgehead atoms. The van der Waals surface area contributed by atoms with Gasteiger partial charge < -0.3 is 9.64 Å². The van der Waals surface area contributed by atoms with Crippen molar-refractivity contribution in [2.75, 3.05) is 13.1 Å². The molecule has 1 amide bonds. The summed E-state index contributed by atoms with van der Waals surface area (Å²) in [5.41, 5.74) is 0. The molecular formula is C22H25BrCl2N2O4S2. The molecule has 0 unspecified atom stereocenters. The topological polar surface area (TPSA) is 75.7 Å². The zero-order valence-electron chi connectivity index (χ0n) is 17.8. The largest absolute Gasteiger partial charge is 0.490 e. The van der Waals surface area contributed by atoms with E-state index in [2.05, 4.69) is 25.6 Å². The van der Waals surface area contributed by atoms with E-state index in [1.165, 1.54) is 6.07 Å². The molecule has 0 spiro atoms. The molecule has 4 rings (SSSR count). The molecule has 1 aliphatic heterocycles. The summed E-state index contributed by atoms with van der Waals surface area (Å²) in [5, 5.41) is 2.69. The summed E-state index contributed by atoms with van der Waals surface area (Å²) in [6.07, 6.45) is 5.16. The highest BCUT2D eigenvalue weighted by Gasteiger charge is 2.33. The number of hydrogen-bond acceptors (Lipinski definition) is 6. The van der Waals surface area contributed by atoms with Crippen LogP contribution in [0.2, 0.25) is 10.0 Å². The molecule has 2 fully saturated rings. The number of nitrogens with one attached hydrogen (secondary N) is 1. The van der Waals surface area contributed by atoms with Crippen molar-refractivity contribution in [3.05, 3.63) is 44.2 Å². The average Bonchev–Trinajstić information content (AvgIpc) is 3.24. The number of rotatable bonds is 6. The van der Waals surface area contributed by atoms with Gasteiger partial charge in [0.1, 0.15) is 16.1 Å². The Balaban J connectivity index is 1.22. The molecule has 1 aromatic heterocycles. The number of likely N-dealkylation sites (tertiary alicyclic amines) is 1. The number of piperidine rings is 1. The van der Waals surface area contributed by atoms with Gasteiger partial charge in [0.15, 0.2) is 0 Å². The number of sulfonamides is 1. The molecule has 6 nitrogen and oxygen atoms in total. The van der Waals surface area contributed by atoms with Gasteiger partial charge in [-0.05, 0) is 72.7 Å². The van der Waals surface area contributed by atoms with Gasteiger partial charge in [-0.25, -0.2) is 13.1 Å². The van der Waals surface area contributed by atoms with E-state index in [9.17, 15) is 13.2 Å². The van der Waals surface area contributed by atoms with Gasteiger partial charge in [-0.2, -0.15) is 0 Å². The minimum Gasteiger partial charge on any atom is -0.490 e. The molecule has 11 heteroatoms. The monoisotopic (exact) mass is 594 g/mol. The summed E-state index contributed by atoms with van der Waals surface area (Å²) in [7, 11) is -3.81. The molecule has 33 heavy (non-hydrogen) atoms. The zero-order valence-corrected chi connectivity index (χ0v) is 22.5. The predicted octanol–water partition coefficient (Wildman–Crippen LogP) is 5.72. The predicted molar refractivity (Wildman–Crippen MR) is 135 cm³/mol. The van der Waals surface area contributed by atoms with Gasteiger partial charge in [-0.15, -0.1) is 11.3 Å². The zero-order chi connectivity index (χ0) is 23.6. The number of carbonyl (C=O) groups excluding carboxylic acids is 1. The maximum atomic E-state index is 12.6. The third kappa shape index (κ3) is 6.44. The number of ether oxygens (including phenoxy) is 1. The number of benzene rings is 1. The lowest BCUT2D eigenvalue weighted by molar-refractivity contribution is -0.124. The van der Waals surface area contributed by atoms with Gasteiger partial charge >= 0.3 is 0 Å². The van der Waals surface area contributed by atoms with E-state index >= 15 is 0 Å². The fourth-order valence-corrected chi connectivity index (χ4v) is 7.69. The van der Waals surface area contributed by atoms with Crippen LogP contribution in [0.25, 0.3) is 0 Å². The Morgan fingerprint density at radius 2 is 1.76 bits per heavy atom. The van der Waals surface area contributed by atoms with Crippen LogP contribution in [0, 0.1) is 5.92 Å². The molecule has 2 heterocycles. The third-order valence-electron chi connectivity index (χ3n) is 6.30. The van der Waals surface area contributed by atoms with Crippen LogP contribution >= 0.6 is 50.5 Å². The van der Waals surface area contributed by atoms with Crippen LogP contribution in [-0.4, -0.2) is 44.5 Å². The van der Waals surface area contributed by atoms with Crippen LogP contribution in [-0.2, 0) is 14.8 Å². The van der Waals surface area contributed by atoms with Crippen molar-refractivity contribution in [1.82, 2.24) is 9.62 Å². The Bertz CT molecular complexity index is 1100. The molecule has 1 aromatic carbocycles. The molecule has 2 aromatic rings. The lowest BCUT2D eigenvalue weighted by Crippen LogP contribution is -2.46. The lowest BCUT2D eigenvalue weighted by Gasteiger charge is -2.40. The standard InChI is InChI=1S/C22H25BrCl2N2O4S2/c23-15-11-21(32-13-15)33(29,30)26-22(28)14-1-3-16(4-2-14)27-9-7-17(8-10-27)31-18-5-6-19(24)20(25)12-18/h5-6,11-14,16-17H,1-4,7-10H2,(H,26,28). The van der Waals surface area contributed by atoms with E-state index in [1.807, 2.05) is 6.07 Å².